The Morgan fingerprint density at radius 1 is 1.03 bits per heavy atom. The fraction of sp³-hybridized carbons (Fsp3) is 0.292. The van der Waals surface area contributed by atoms with E-state index in [2.05, 4.69) is 6.58 Å². The normalized spacial score (nSPS) is 15.4. The van der Waals surface area contributed by atoms with Crippen LogP contribution in [0.25, 0.3) is 0 Å². The van der Waals surface area contributed by atoms with E-state index in [0.717, 1.165) is 5.56 Å². The molecule has 1 atom stereocenters. The van der Waals surface area contributed by atoms with Gasteiger partial charge in [0, 0.05) is 37.1 Å². The molecule has 0 saturated carbocycles. The quantitative estimate of drug-likeness (QED) is 0.427. The molecule has 2 aromatic rings. The summed E-state index contributed by atoms with van der Waals surface area (Å²) in [5.74, 6) is -0.968. The molecule has 1 heterocycles. The number of hydrogen-bond acceptors (Lipinski definition) is 4. The third kappa shape index (κ3) is 4.99. The predicted molar refractivity (Wildman–Crippen MR) is 111 cm³/mol. The van der Waals surface area contributed by atoms with Crippen LogP contribution in [0, 0.1) is 0 Å². The average Bonchev–Trinajstić information content (AvgIpc) is 2.78. The van der Waals surface area contributed by atoms with Crippen molar-refractivity contribution in [1.29, 1.82) is 0 Å². The average molecular weight is 391 g/mol. The minimum absolute atomic E-state index is 0.0766. The summed E-state index contributed by atoms with van der Waals surface area (Å²) in [5.41, 5.74) is 1.90. The summed E-state index contributed by atoms with van der Waals surface area (Å²) in [6.45, 7) is 6.39. The molecule has 1 saturated heterocycles. The first kappa shape index (κ1) is 20.5. The standard InChI is InChI=1S/C24H25NO4/c1-3-22(26)25-14-12-21(13-15-25)29-24(28)17(2)19-10-7-11-20(16-19)23(27)18-8-5-4-6-9-18/h3-11,16-17,21H,1,12-15H2,2H3. The third-order valence-electron chi connectivity index (χ3n) is 5.25. The van der Waals surface area contributed by atoms with Gasteiger partial charge < -0.3 is 9.64 Å². The lowest BCUT2D eigenvalue weighted by Crippen LogP contribution is -2.41. The number of piperidine rings is 1. The van der Waals surface area contributed by atoms with Crippen LogP contribution < -0.4 is 0 Å². The summed E-state index contributed by atoms with van der Waals surface area (Å²) in [7, 11) is 0. The summed E-state index contributed by atoms with van der Waals surface area (Å²) in [6.07, 6.45) is 2.33. The van der Waals surface area contributed by atoms with Crippen LogP contribution in [-0.2, 0) is 14.3 Å². The van der Waals surface area contributed by atoms with Crippen molar-refractivity contribution < 1.29 is 19.1 Å². The van der Waals surface area contributed by atoms with E-state index in [0.29, 0.717) is 37.1 Å². The van der Waals surface area contributed by atoms with Gasteiger partial charge in [0.05, 0.1) is 5.92 Å². The highest BCUT2D eigenvalue weighted by atomic mass is 16.5. The largest absolute Gasteiger partial charge is 0.462 e. The lowest BCUT2D eigenvalue weighted by Gasteiger charge is -2.31. The maximum absolute atomic E-state index is 12.7. The van der Waals surface area contributed by atoms with Crippen molar-refractivity contribution in [2.24, 2.45) is 0 Å². The molecule has 3 rings (SSSR count). The molecular weight excluding hydrogens is 366 g/mol. The monoisotopic (exact) mass is 391 g/mol. The minimum atomic E-state index is -0.480. The van der Waals surface area contributed by atoms with Gasteiger partial charge in [-0.25, -0.2) is 0 Å². The molecule has 1 amide bonds. The Kier molecular flexibility index (Phi) is 6.60. The maximum Gasteiger partial charge on any atom is 0.313 e. The molecule has 29 heavy (non-hydrogen) atoms. The Bertz CT molecular complexity index is 898. The van der Waals surface area contributed by atoms with Gasteiger partial charge in [-0.3, -0.25) is 14.4 Å². The first-order chi connectivity index (χ1) is 14.0. The molecule has 2 aromatic carbocycles. The number of hydrogen-bond donors (Lipinski definition) is 0. The molecule has 0 aromatic heterocycles. The van der Waals surface area contributed by atoms with Crippen LogP contribution >= 0.6 is 0 Å². The lowest BCUT2D eigenvalue weighted by molar-refractivity contribution is -0.153. The van der Waals surface area contributed by atoms with E-state index in [-0.39, 0.29) is 23.8 Å². The van der Waals surface area contributed by atoms with Crippen LogP contribution in [0.3, 0.4) is 0 Å². The van der Waals surface area contributed by atoms with E-state index in [9.17, 15) is 14.4 Å². The van der Waals surface area contributed by atoms with Gasteiger partial charge in [-0.15, -0.1) is 0 Å². The van der Waals surface area contributed by atoms with Gasteiger partial charge in [-0.05, 0) is 24.6 Å². The first-order valence-electron chi connectivity index (χ1n) is 9.81. The SMILES string of the molecule is C=CC(=O)N1CCC(OC(=O)C(C)c2cccc(C(=O)c3ccccc3)c2)CC1. The highest BCUT2D eigenvalue weighted by Gasteiger charge is 2.26. The molecule has 0 N–H and O–H groups in total. The number of esters is 1. The van der Waals surface area contributed by atoms with Crippen molar-refractivity contribution in [3.05, 3.63) is 83.9 Å². The molecule has 5 nitrogen and oxygen atoms in total. The predicted octanol–water partition coefficient (Wildman–Crippen LogP) is 3.74. The Balaban J connectivity index is 1.62. The molecule has 0 bridgehead atoms. The molecule has 1 unspecified atom stereocenters. The molecule has 0 aliphatic carbocycles. The van der Waals surface area contributed by atoms with E-state index >= 15 is 0 Å². The maximum atomic E-state index is 12.7. The number of likely N-dealkylation sites (tertiary alicyclic amines) is 1. The molecule has 1 aliphatic rings. The second kappa shape index (κ2) is 9.32. The first-order valence-corrected chi connectivity index (χ1v) is 9.81. The molecule has 150 valence electrons. The Morgan fingerprint density at radius 2 is 1.69 bits per heavy atom. The van der Waals surface area contributed by atoms with Gasteiger partial charge >= 0.3 is 5.97 Å². The molecule has 1 fully saturated rings. The zero-order chi connectivity index (χ0) is 20.8. The molecule has 0 radical (unpaired) electrons. The van der Waals surface area contributed by atoms with Crippen molar-refractivity contribution in [1.82, 2.24) is 4.90 Å². The van der Waals surface area contributed by atoms with Crippen LogP contribution in [0.15, 0.2) is 67.3 Å². The van der Waals surface area contributed by atoms with Crippen molar-refractivity contribution in [3.8, 4) is 0 Å². The summed E-state index contributed by atoms with van der Waals surface area (Å²) < 4.78 is 5.67. The Labute approximate surface area is 171 Å². The van der Waals surface area contributed by atoms with Crippen LogP contribution in [-0.4, -0.2) is 41.8 Å². The van der Waals surface area contributed by atoms with E-state index in [1.165, 1.54) is 6.08 Å². The number of carbonyl (C=O) groups excluding carboxylic acids is 3. The number of rotatable bonds is 6. The molecule has 5 heteroatoms. The summed E-state index contributed by atoms with van der Waals surface area (Å²) in [5, 5.41) is 0. The Morgan fingerprint density at radius 3 is 2.34 bits per heavy atom. The van der Waals surface area contributed by atoms with E-state index in [1.807, 2.05) is 24.3 Å². The van der Waals surface area contributed by atoms with Gasteiger partial charge in [-0.2, -0.15) is 0 Å². The van der Waals surface area contributed by atoms with Crippen LogP contribution in [0.2, 0.25) is 0 Å². The lowest BCUT2D eigenvalue weighted by atomic mass is 9.95. The van der Waals surface area contributed by atoms with Crippen LogP contribution in [0.5, 0.6) is 0 Å². The zero-order valence-electron chi connectivity index (χ0n) is 16.5. The Hall–Kier alpha value is -3.21. The third-order valence-corrected chi connectivity index (χ3v) is 5.25. The van der Waals surface area contributed by atoms with Gasteiger partial charge in [-0.1, -0.05) is 55.1 Å². The summed E-state index contributed by atoms with van der Waals surface area (Å²) >= 11 is 0. The summed E-state index contributed by atoms with van der Waals surface area (Å²) in [6, 6.07) is 16.2. The fourth-order valence-corrected chi connectivity index (χ4v) is 3.43. The number of ketones is 1. The van der Waals surface area contributed by atoms with Gasteiger partial charge in [0.1, 0.15) is 6.10 Å². The molecule has 1 aliphatic heterocycles. The number of ether oxygens (including phenoxy) is 1. The second-order valence-corrected chi connectivity index (χ2v) is 7.21. The highest BCUT2D eigenvalue weighted by Crippen LogP contribution is 2.23. The van der Waals surface area contributed by atoms with Crippen LogP contribution in [0.1, 0.15) is 47.2 Å². The highest BCUT2D eigenvalue weighted by molar-refractivity contribution is 6.09. The fourth-order valence-electron chi connectivity index (χ4n) is 3.43. The smallest absolute Gasteiger partial charge is 0.313 e. The van der Waals surface area contributed by atoms with E-state index < -0.39 is 5.92 Å². The molecule has 0 spiro atoms. The number of benzene rings is 2. The van der Waals surface area contributed by atoms with Gasteiger partial charge in [0.25, 0.3) is 0 Å². The van der Waals surface area contributed by atoms with Crippen LogP contribution in [0.4, 0.5) is 0 Å². The van der Waals surface area contributed by atoms with Crippen molar-refractivity contribution in [3.63, 3.8) is 0 Å². The van der Waals surface area contributed by atoms with Crippen molar-refractivity contribution in [2.45, 2.75) is 31.8 Å². The minimum Gasteiger partial charge on any atom is -0.462 e. The number of nitrogens with zero attached hydrogens (tertiary/aromatic N) is 1. The van der Waals surface area contributed by atoms with E-state index in [4.69, 9.17) is 4.74 Å². The van der Waals surface area contributed by atoms with Crippen molar-refractivity contribution >= 4 is 17.7 Å². The second-order valence-electron chi connectivity index (χ2n) is 7.21. The number of carbonyl (C=O) groups is 3. The number of amides is 1. The molecular formula is C24H25NO4. The van der Waals surface area contributed by atoms with Gasteiger partial charge in [0.2, 0.25) is 5.91 Å². The van der Waals surface area contributed by atoms with Gasteiger partial charge in [0.15, 0.2) is 5.78 Å². The summed E-state index contributed by atoms with van der Waals surface area (Å²) in [4.78, 5) is 38.7. The van der Waals surface area contributed by atoms with E-state index in [1.54, 1.807) is 42.2 Å². The topological polar surface area (TPSA) is 63.7 Å². The zero-order valence-corrected chi connectivity index (χ0v) is 16.5. The van der Waals surface area contributed by atoms with Crippen molar-refractivity contribution in [2.75, 3.05) is 13.1 Å².